The Bertz CT molecular complexity index is 401. The number of likely N-dealkylation sites (tertiary alicyclic amines) is 1. The predicted octanol–water partition coefficient (Wildman–Crippen LogP) is 1.38. The fourth-order valence-corrected chi connectivity index (χ4v) is 3.69. The minimum atomic E-state index is 0.164. The molecule has 2 aliphatic heterocycles. The molecule has 2 aliphatic rings. The van der Waals surface area contributed by atoms with Gasteiger partial charge < -0.3 is 15.4 Å². The van der Waals surface area contributed by atoms with Crippen LogP contribution >= 0.6 is 0 Å². The van der Waals surface area contributed by atoms with Crippen molar-refractivity contribution in [2.24, 2.45) is 10.9 Å². The number of aliphatic imine (C=N–C) groups is 1. The minimum absolute atomic E-state index is 0.164. The van der Waals surface area contributed by atoms with Gasteiger partial charge in [0.15, 0.2) is 5.96 Å². The molecule has 0 spiro atoms. The SMILES string of the molecule is CN=C(NCC(C)CN1CCOCC1)NCC(C)(C)N1CCCCC1. The van der Waals surface area contributed by atoms with Crippen LogP contribution in [-0.4, -0.2) is 87.4 Å². The van der Waals surface area contributed by atoms with Crippen LogP contribution in [0.15, 0.2) is 4.99 Å². The van der Waals surface area contributed by atoms with E-state index in [9.17, 15) is 0 Å². The maximum absolute atomic E-state index is 5.42. The Morgan fingerprint density at radius 3 is 2.40 bits per heavy atom. The first-order chi connectivity index (χ1) is 12.0. The lowest BCUT2D eigenvalue weighted by Gasteiger charge is -2.41. The largest absolute Gasteiger partial charge is 0.379 e. The van der Waals surface area contributed by atoms with Crippen LogP contribution < -0.4 is 10.6 Å². The van der Waals surface area contributed by atoms with Crippen LogP contribution in [0.25, 0.3) is 0 Å². The molecule has 25 heavy (non-hydrogen) atoms. The molecule has 0 aromatic carbocycles. The molecular weight excluding hydrogens is 314 g/mol. The number of hydrogen-bond donors (Lipinski definition) is 2. The summed E-state index contributed by atoms with van der Waals surface area (Å²) in [4.78, 5) is 9.50. The number of hydrogen-bond acceptors (Lipinski definition) is 4. The number of nitrogens with one attached hydrogen (secondary N) is 2. The van der Waals surface area contributed by atoms with E-state index in [0.29, 0.717) is 5.92 Å². The minimum Gasteiger partial charge on any atom is -0.379 e. The van der Waals surface area contributed by atoms with Gasteiger partial charge in [-0.15, -0.1) is 0 Å². The molecule has 1 atom stereocenters. The Morgan fingerprint density at radius 2 is 1.76 bits per heavy atom. The molecule has 6 nitrogen and oxygen atoms in total. The lowest BCUT2D eigenvalue weighted by atomic mass is 9.98. The second-order valence-corrected chi connectivity index (χ2v) is 8.18. The van der Waals surface area contributed by atoms with Gasteiger partial charge in [-0.05, 0) is 45.7 Å². The van der Waals surface area contributed by atoms with Crippen molar-refractivity contribution in [1.82, 2.24) is 20.4 Å². The van der Waals surface area contributed by atoms with Crippen LogP contribution in [0.4, 0.5) is 0 Å². The first-order valence-electron chi connectivity index (χ1n) is 10.0. The predicted molar refractivity (Wildman–Crippen MR) is 105 cm³/mol. The van der Waals surface area contributed by atoms with Crippen LogP contribution in [-0.2, 0) is 4.74 Å². The molecule has 0 saturated carbocycles. The average Bonchev–Trinajstić information content (AvgIpc) is 2.63. The monoisotopic (exact) mass is 353 g/mol. The van der Waals surface area contributed by atoms with E-state index >= 15 is 0 Å². The standard InChI is InChI=1S/C19H39N5O/c1-17(15-23-10-12-25-13-11-23)14-21-18(20-4)22-16-19(2,3)24-8-6-5-7-9-24/h17H,5-16H2,1-4H3,(H2,20,21,22). The number of guanidine groups is 1. The highest BCUT2D eigenvalue weighted by Gasteiger charge is 2.27. The molecule has 1 unspecified atom stereocenters. The topological polar surface area (TPSA) is 52.1 Å². The molecule has 2 fully saturated rings. The third kappa shape index (κ3) is 7.12. The van der Waals surface area contributed by atoms with Crippen molar-refractivity contribution in [2.45, 2.75) is 45.6 Å². The Labute approximate surface area is 154 Å². The van der Waals surface area contributed by atoms with E-state index in [4.69, 9.17) is 4.74 Å². The van der Waals surface area contributed by atoms with Gasteiger partial charge in [0, 0.05) is 45.3 Å². The summed E-state index contributed by atoms with van der Waals surface area (Å²) in [6, 6.07) is 0. The highest BCUT2D eigenvalue weighted by Crippen LogP contribution is 2.19. The summed E-state index contributed by atoms with van der Waals surface area (Å²) in [5.41, 5.74) is 0.164. The lowest BCUT2D eigenvalue weighted by molar-refractivity contribution is 0.0320. The van der Waals surface area contributed by atoms with Crippen molar-refractivity contribution in [3.05, 3.63) is 0 Å². The van der Waals surface area contributed by atoms with Gasteiger partial charge in [0.05, 0.1) is 13.2 Å². The molecule has 0 amide bonds. The lowest BCUT2D eigenvalue weighted by Crippen LogP contribution is -2.55. The van der Waals surface area contributed by atoms with Gasteiger partial charge in [-0.2, -0.15) is 0 Å². The van der Waals surface area contributed by atoms with E-state index in [2.05, 4.69) is 46.2 Å². The third-order valence-corrected chi connectivity index (χ3v) is 5.42. The van der Waals surface area contributed by atoms with Crippen molar-refractivity contribution in [3.8, 4) is 0 Å². The van der Waals surface area contributed by atoms with Gasteiger partial charge >= 0.3 is 0 Å². The number of morpholine rings is 1. The maximum atomic E-state index is 5.42. The van der Waals surface area contributed by atoms with Gasteiger partial charge in [0.1, 0.15) is 0 Å². The van der Waals surface area contributed by atoms with E-state index in [1.54, 1.807) is 0 Å². The molecule has 0 aromatic heterocycles. The van der Waals surface area contributed by atoms with E-state index < -0.39 is 0 Å². The first-order valence-corrected chi connectivity index (χ1v) is 10.0. The van der Waals surface area contributed by atoms with Gasteiger partial charge in [0.2, 0.25) is 0 Å². The van der Waals surface area contributed by atoms with Crippen LogP contribution in [0.5, 0.6) is 0 Å². The van der Waals surface area contributed by atoms with Gasteiger partial charge in [-0.1, -0.05) is 13.3 Å². The van der Waals surface area contributed by atoms with Crippen LogP contribution in [0.2, 0.25) is 0 Å². The smallest absolute Gasteiger partial charge is 0.191 e. The Kier molecular flexibility index (Phi) is 8.46. The fraction of sp³-hybridized carbons (Fsp3) is 0.947. The van der Waals surface area contributed by atoms with E-state index in [0.717, 1.165) is 51.9 Å². The molecule has 0 aromatic rings. The molecule has 0 bridgehead atoms. The van der Waals surface area contributed by atoms with Crippen LogP contribution in [0.3, 0.4) is 0 Å². The molecule has 2 rings (SSSR count). The summed E-state index contributed by atoms with van der Waals surface area (Å²) in [6.45, 7) is 16.2. The summed E-state index contributed by atoms with van der Waals surface area (Å²) in [5, 5.41) is 7.03. The molecule has 2 N–H and O–H groups in total. The van der Waals surface area contributed by atoms with Gasteiger partial charge in [-0.25, -0.2) is 0 Å². The van der Waals surface area contributed by atoms with Gasteiger partial charge in [0.25, 0.3) is 0 Å². The Hall–Kier alpha value is -0.850. The maximum Gasteiger partial charge on any atom is 0.191 e. The van der Waals surface area contributed by atoms with Crippen molar-refractivity contribution < 1.29 is 4.74 Å². The highest BCUT2D eigenvalue weighted by atomic mass is 16.5. The van der Waals surface area contributed by atoms with E-state index in [1.807, 2.05) is 7.05 Å². The normalized spacial score (nSPS) is 22.6. The van der Waals surface area contributed by atoms with Gasteiger partial charge in [-0.3, -0.25) is 14.8 Å². The number of nitrogens with zero attached hydrogens (tertiary/aromatic N) is 3. The second kappa shape index (κ2) is 10.3. The summed E-state index contributed by atoms with van der Waals surface area (Å²) in [7, 11) is 1.86. The van der Waals surface area contributed by atoms with Crippen molar-refractivity contribution in [1.29, 1.82) is 0 Å². The van der Waals surface area contributed by atoms with Crippen molar-refractivity contribution in [2.75, 3.05) is 66.1 Å². The van der Waals surface area contributed by atoms with Crippen molar-refractivity contribution in [3.63, 3.8) is 0 Å². The molecule has 0 radical (unpaired) electrons. The molecule has 2 saturated heterocycles. The third-order valence-electron chi connectivity index (χ3n) is 5.42. The zero-order valence-corrected chi connectivity index (χ0v) is 16.8. The zero-order valence-electron chi connectivity index (χ0n) is 16.8. The molecule has 2 heterocycles. The quantitative estimate of drug-likeness (QED) is 0.535. The molecule has 146 valence electrons. The fourth-order valence-electron chi connectivity index (χ4n) is 3.69. The molecular formula is C19H39N5O. The number of ether oxygens (including phenoxy) is 1. The number of piperidine rings is 1. The Morgan fingerprint density at radius 1 is 1.08 bits per heavy atom. The average molecular weight is 354 g/mol. The highest BCUT2D eigenvalue weighted by molar-refractivity contribution is 5.79. The van der Waals surface area contributed by atoms with Crippen LogP contribution in [0, 0.1) is 5.92 Å². The Balaban J connectivity index is 1.68. The summed E-state index contributed by atoms with van der Waals surface area (Å²) in [5.74, 6) is 1.51. The summed E-state index contributed by atoms with van der Waals surface area (Å²) < 4.78 is 5.42. The van der Waals surface area contributed by atoms with Crippen molar-refractivity contribution >= 4 is 5.96 Å². The zero-order chi connectivity index (χ0) is 18.1. The molecule has 6 heteroatoms. The number of rotatable bonds is 7. The molecule has 0 aliphatic carbocycles. The van der Waals surface area contributed by atoms with Crippen LogP contribution in [0.1, 0.15) is 40.0 Å². The van der Waals surface area contributed by atoms with E-state index in [-0.39, 0.29) is 5.54 Å². The van der Waals surface area contributed by atoms with E-state index in [1.165, 1.54) is 32.4 Å². The summed E-state index contributed by atoms with van der Waals surface area (Å²) >= 11 is 0. The summed E-state index contributed by atoms with van der Waals surface area (Å²) in [6.07, 6.45) is 4.04. The second-order valence-electron chi connectivity index (χ2n) is 8.18. The first kappa shape index (κ1) is 20.5.